The van der Waals surface area contributed by atoms with Crippen LogP contribution in [0.25, 0.3) is 6.08 Å². The number of pyridine rings is 1. The fourth-order valence-corrected chi connectivity index (χ4v) is 3.33. The molecule has 28 heavy (non-hydrogen) atoms. The molecular formula is C23H29N3O2. The minimum Gasteiger partial charge on any atom is -0.494 e. The minimum absolute atomic E-state index is 0.0646. The summed E-state index contributed by atoms with van der Waals surface area (Å²) in [6.45, 7) is 6.53. The van der Waals surface area contributed by atoms with Crippen LogP contribution in [0.5, 0.6) is 5.75 Å². The predicted molar refractivity (Wildman–Crippen MR) is 113 cm³/mol. The number of hydrogen-bond acceptors (Lipinski definition) is 3. The van der Waals surface area contributed by atoms with Gasteiger partial charge in [0.1, 0.15) is 5.75 Å². The van der Waals surface area contributed by atoms with Crippen molar-refractivity contribution in [1.29, 1.82) is 0 Å². The first-order valence-corrected chi connectivity index (χ1v) is 10.0. The Hall–Kier alpha value is -2.82. The molecule has 0 radical (unpaired) electrons. The average Bonchev–Trinajstić information content (AvgIpc) is 2.71. The van der Waals surface area contributed by atoms with Crippen LogP contribution in [0, 0.1) is 5.92 Å². The zero-order chi connectivity index (χ0) is 19.8. The van der Waals surface area contributed by atoms with Crippen LogP contribution in [0.3, 0.4) is 0 Å². The Bertz CT molecular complexity index is 805. The Morgan fingerprint density at radius 2 is 2.25 bits per heavy atom. The summed E-state index contributed by atoms with van der Waals surface area (Å²) in [7, 11) is 0. The molecular weight excluding hydrogens is 350 g/mol. The second-order valence-corrected chi connectivity index (χ2v) is 7.26. The summed E-state index contributed by atoms with van der Waals surface area (Å²) in [5, 5.41) is 2.92. The molecule has 1 saturated heterocycles. The van der Waals surface area contributed by atoms with Gasteiger partial charge < -0.3 is 15.0 Å². The number of carbonyl (C=O) groups excluding carboxylic acids is 1. The molecule has 1 aromatic heterocycles. The lowest BCUT2D eigenvalue weighted by Crippen LogP contribution is -2.42. The second kappa shape index (κ2) is 9.93. The number of urea groups is 1. The third-order valence-corrected chi connectivity index (χ3v) is 4.97. The fourth-order valence-electron chi connectivity index (χ4n) is 3.33. The number of piperidine rings is 1. The molecule has 0 bridgehead atoms. The molecule has 2 amide bonds. The van der Waals surface area contributed by atoms with Crippen molar-refractivity contribution in [3.8, 4) is 5.75 Å². The fraction of sp³-hybridized carbons (Fsp3) is 0.391. The Balaban J connectivity index is 1.59. The third-order valence-electron chi connectivity index (χ3n) is 4.97. The van der Waals surface area contributed by atoms with Gasteiger partial charge in [-0.2, -0.15) is 0 Å². The molecule has 3 rings (SSSR count). The molecule has 1 aliphatic rings. The number of nitrogens with one attached hydrogen (secondary N) is 1. The number of anilines is 1. The molecule has 5 nitrogen and oxygen atoms in total. The predicted octanol–water partition coefficient (Wildman–Crippen LogP) is 5.22. The van der Waals surface area contributed by atoms with Crippen LogP contribution in [0.15, 0.2) is 54.4 Å². The van der Waals surface area contributed by atoms with Crippen LogP contribution < -0.4 is 10.1 Å². The molecule has 0 aliphatic carbocycles. The van der Waals surface area contributed by atoms with Crippen LogP contribution in [-0.4, -0.2) is 35.6 Å². The van der Waals surface area contributed by atoms with Gasteiger partial charge in [-0.15, -0.1) is 0 Å². The van der Waals surface area contributed by atoms with E-state index in [1.54, 1.807) is 12.4 Å². The summed E-state index contributed by atoms with van der Waals surface area (Å²) >= 11 is 0. The summed E-state index contributed by atoms with van der Waals surface area (Å²) in [5.74, 6) is 1.24. The van der Waals surface area contributed by atoms with Crippen molar-refractivity contribution in [1.82, 2.24) is 9.88 Å². The molecule has 5 heteroatoms. The largest absolute Gasteiger partial charge is 0.494 e. The monoisotopic (exact) mass is 379 g/mol. The Labute approximate surface area is 167 Å². The van der Waals surface area contributed by atoms with Crippen LogP contribution >= 0.6 is 0 Å². The van der Waals surface area contributed by atoms with Crippen molar-refractivity contribution in [2.45, 2.75) is 33.1 Å². The summed E-state index contributed by atoms with van der Waals surface area (Å²) in [4.78, 5) is 18.4. The molecule has 0 saturated carbocycles. The summed E-state index contributed by atoms with van der Waals surface area (Å²) in [5.41, 5.74) is 3.25. The number of benzene rings is 1. The van der Waals surface area contributed by atoms with Crippen LogP contribution in [0.4, 0.5) is 10.5 Å². The topological polar surface area (TPSA) is 54.5 Å². The van der Waals surface area contributed by atoms with E-state index in [2.05, 4.69) is 42.4 Å². The highest BCUT2D eigenvalue weighted by molar-refractivity contribution is 5.89. The zero-order valence-electron chi connectivity index (χ0n) is 16.7. The van der Waals surface area contributed by atoms with Crippen molar-refractivity contribution < 1.29 is 9.53 Å². The summed E-state index contributed by atoms with van der Waals surface area (Å²) < 4.78 is 5.81. The van der Waals surface area contributed by atoms with Gasteiger partial charge in [0, 0.05) is 19.3 Å². The Kier molecular flexibility index (Phi) is 7.06. The van der Waals surface area contributed by atoms with E-state index in [-0.39, 0.29) is 6.03 Å². The Morgan fingerprint density at radius 1 is 1.36 bits per heavy atom. The van der Waals surface area contributed by atoms with E-state index in [0.717, 1.165) is 49.4 Å². The molecule has 2 aromatic rings. The number of unbranched alkanes of at least 4 members (excludes halogenated alkanes) is 1. The van der Waals surface area contributed by atoms with E-state index in [1.807, 2.05) is 29.2 Å². The number of rotatable bonds is 6. The number of ether oxygens (including phenoxy) is 1. The molecule has 1 aliphatic heterocycles. The third kappa shape index (κ3) is 5.59. The molecule has 148 valence electrons. The van der Waals surface area contributed by atoms with Gasteiger partial charge in [0.2, 0.25) is 0 Å². The van der Waals surface area contributed by atoms with Crippen molar-refractivity contribution in [3.05, 3.63) is 59.9 Å². The highest BCUT2D eigenvalue weighted by atomic mass is 16.5. The maximum Gasteiger partial charge on any atom is 0.321 e. The highest BCUT2D eigenvalue weighted by Gasteiger charge is 2.24. The number of amides is 2. The number of hydrogen-bond donors (Lipinski definition) is 1. The smallest absolute Gasteiger partial charge is 0.321 e. The van der Waals surface area contributed by atoms with Gasteiger partial charge in [-0.25, -0.2) is 4.79 Å². The standard InChI is InChI=1S/C23H29N3O2/c1-3-4-13-28-22-9-5-7-19(15-22)14-20-10-12-26(17-18(20)2)23(27)25-21-8-6-11-24-16-21/h5-9,11,14-16,18H,3-4,10,12-13,17H2,1-2H3,(H,25,27). The normalized spacial score (nSPS) is 18.1. The van der Waals surface area contributed by atoms with Gasteiger partial charge in [-0.1, -0.05) is 44.1 Å². The van der Waals surface area contributed by atoms with Crippen molar-refractivity contribution in [3.63, 3.8) is 0 Å². The first-order valence-electron chi connectivity index (χ1n) is 10.0. The average molecular weight is 380 g/mol. The van der Waals surface area contributed by atoms with Crippen molar-refractivity contribution in [2.24, 2.45) is 5.92 Å². The maximum absolute atomic E-state index is 12.5. The van der Waals surface area contributed by atoms with Crippen molar-refractivity contribution in [2.75, 3.05) is 25.0 Å². The van der Waals surface area contributed by atoms with Gasteiger partial charge >= 0.3 is 6.03 Å². The van der Waals surface area contributed by atoms with E-state index in [1.165, 1.54) is 5.57 Å². The van der Waals surface area contributed by atoms with Gasteiger partial charge in [0.25, 0.3) is 0 Å². The molecule has 0 spiro atoms. The second-order valence-electron chi connectivity index (χ2n) is 7.26. The highest BCUT2D eigenvalue weighted by Crippen LogP contribution is 2.26. The molecule has 1 unspecified atom stereocenters. The van der Waals surface area contributed by atoms with Gasteiger partial charge in [0.05, 0.1) is 18.5 Å². The lowest BCUT2D eigenvalue weighted by atomic mass is 9.91. The van der Waals surface area contributed by atoms with E-state index >= 15 is 0 Å². The lowest BCUT2D eigenvalue weighted by Gasteiger charge is -2.33. The molecule has 1 atom stereocenters. The number of likely N-dealkylation sites (tertiary alicyclic amines) is 1. The van der Waals surface area contributed by atoms with E-state index in [9.17, 15) is 4.79 Å². The first kappa shape index (κ1) is 19.9. The van der Waals surface area contributed by atoms with Gasteiger partial charge in [-0.3, -0.25) is 4.98 Å². The SMILES string of the molecule is CCCCOc1cccc(C=C2CCN(C(=O)Nc3cccnc3)CC2C)c1. The molecule has 1 aromatic carbocycles. The maximum atomic E-state index is 12.5. The number of nitrogens with zero attached hydrogens (tertiary/aromatic N) is 2. The Morgan fingerprint density at radius 3 is 3.00 bits per heavy atom. The van der Waals surface area contributed by atoms with Crippen LogP contribution in [0.2, 0.25) is 0 Å². The number of aromatic nitrogens is 1. The number of carbonyl (C=O) groups is 1. The van der Waals surface area contributed by atoms with Crippen LogP contribution in [0.1, 0.15) is 38.7 Å². The van der Waals surface area contributed by atoms with Gasteiger partial charge in [0.15, 0.2) is 0 Å². The lowest BCUT2D eigenvalue weighted by molar-refractivity contribution is 0.198. The molecule has 2 heterocycles. The van der Waals surface area contributed by atoms with Crippen LogP contribution in [-0.2, 0) is 0 Å². The quantitative estimate of drug-likeness (QED) is 0.700. The van der Waals surface area contributed by atoms with E-state index in [0.29, 0.717) is 12.5 Å². The first-order chi connectivity index (χ1) is 13.7. The van der Waals surface area contributed by atoms with E-state index in [4.69, 9.17) is 4.74 Å². The molecule has 1 N–H and O–H groups in total. The minimum atomic E-state index is -0.0646. The van der Waals surface area contributed by atoms with E-state index < -0.39 is 0 Å². The summed E-state index contributed by atoms with van der Waals surface area (Å²) in [6.07, 6.45) is 8.67. The zero-order valence-corrected chi connectivity index (χ0v) is 16.7. The summed E-state index contributed by atoms with van der Waals surface area (Å²) in [6, 6.07) is 11.8. The molecule has 1 fully saturated rings. The van der Waals surface area contributed by atoms with Crippen molar-refractivity contribution >= 4 is 17.8 Å². The van der Waals surface area contributed by atoms with Gasteiger partial charge in [-0.05, 0) is 48.6 Å².